The van der Waals surface area contributed by atoms with E-state index in [-0.39, 0.29) is 10.9 Å². The highest BCUT2D eigenvalue weighted by Crippen LogP contribution is 2.29. The smallest absolute Gasteiger partial charge is 0.303 e. The summed E-state index contributed by atoms with van der Waals surface area (Å²) >= 11 is 0. The average Bonchev–Trinajstić information content (AvgIpc) is 2.47. The lowest BCUT2D eigenvalue weighted by atomic mass is 10.1. The summed E-state index contributed by atoms with van der Waals surface area (Å²) in [5, 5.41) is 0. The third-order valence-corrected chi connectivity index (χ3v) is 5.38. The third kappa shape index (κ3) is 4.21. The molecular weight excluding hydrogens is 317 g/mol. The number of hydrogen-bond acceptors (Lipinski definition) is 3. The maximum Gasteiger partial charge on any atom is 0.416 e. The lowest BCUT2D eigenvalue weighted by Crippen LogP contribution is -2.44. The quantitative estimate of drug-likeness (QED) is 0.919. The third-order valence-electron chi connectivity index (χ3n) is 3.85. The summed E-state index contributed by atoms with van der Waals surface area (Å²) in [4.78, 5) is 2.08. The van der Waals surface area contributed by atoms with Crippen molar-refractivity contribution in [2.75, 3.05) is 19.6 Å². The first-order valence-corrected chi connectivity index (χ1v) is 8.62. The lowest BCUT2D eigenvalue weighted by Gasteiger charge is -2.31. The standard InChI is InChI=1S/C14H19F3N2O2S/c1-2-19-9-7-12(8-10-19)18-22(20,21)13-5-3-11(4-6-13)14(15,16)17/h3-6,12,18H,2,7-10H2,1H3. The molecule has 0 radical (unpaired) electrons. The number of nitrogens with one attached hydrogen (secondary N) is 1. The van der Waals surface area contributed by atoms with E-state index in [0.717, 1.165) is 43.9 Å². The van der Waals surface area contributed by atoms with Gasteiger partial charge in [-0.2, -0.15) is 13.2 Å². The molecule has 124 valence electrons. The van der Waals surface area contributed by atoms with Crippen molar-refractivity contribution in [2.24, 2.45) is 0 Å². The topological polar surface area (TPSA) is 49.4 Å². The summed E-state index contributed by atoms with van der Waals surface area (Å²) in [5.74, 6) is 0. The zero-order chi connectivity index (χ0) is 16.4. The Bertz CT molecular complexity index is 592. The monoisotopic (exact) mass is 336 g/mol. The molecule has 1 N–H and O–H groups in total. The van der Waals surface area contributed by atoms with Gasteiger partial charge in [0.25, 0.3) is 0 Å². The highest BCUT2D eigenvalue weighted by Gasteiger charge is 2.31. The molecule has 1 aliphatic rings. The van der Waals surface area contributed by atoms with E-state index in [1.807, 2.05) is 6.92 Å². The van der Waals surface area contributed by atoms with Gasteiger partial charge in [-0.3, -0.25) is 0 Å². The zero-order valence-corrected chi connectivity index (χ0v) is 13.0. The van der Waals surface area contributed by atoms with Crippen LogP contribution in [0.3, 0.4) is 0 Å². The number of hydrogen-bond donors (Lipinski definition) is 1. The molecule has 1 aromatic rings. The van der Waals surface area contributed by atoms with Crippen LogP contribution in [0.25, 0.3) is 0 Å². The van der Waals surface area contributed by atoms with Crippen molar-refractivity contribution in [3.63, 3.8) is 0 Å². The number of rotatable bonds is 4. The Labute approximate surface area is 128 Å². The van der Waals surface area contributed by atoms with Crippen molar-refractivity contribution in [3.05, 3.63) is 29.8 Å². The second-order valence-electron chi connectivity index (χ2n) is 5.35. The largest absolute Gasteiger partial charge is 0.416 e. The molecule has 1 aliphatic heterocycles. The summed E-state index contributed by atoms with van der Waals surface area (Å²) in [6, 6.07) is 3.39. The molecular formula is C14H19F3N2O2S. The van der Waals surface area contributed by atoms with Gasteiger partial charge in [-0.15, -0.1) is 0 Å². The molecule has 0 bridgehead atoms. The van der Waals surface area contributed by atoms with Crippen LogP contribution in [0, 0.1) is 0 Å². The fraction of sp³-hybridized carbons (Fsp3) is 0.571. The van der Waals surface area contributed by atoms with Gasteiger partial charge in [-0.25, -0.2) is 13.1 Å². The summed E-state index contributed by atoms with van der Waals surface area (Å²) in [7, 11) is -3.78. The van der Waals surface area contributed by atoms with Crippen molar-refractivity contribution in [1.29, 1.82) is 0 Å². The minimum Gasteiger partial charge on any atom is -0.303 e. The van der Waals surface area contributed by atoms with E-state index in [4.69, 9.17) is 0 Å². The molecule has 22 heavy (non-hydrogen) atoms. The van der Waals surface area contributed by atoms with E-state index in [1.54, 1.807) is 0 Å². The molecule has 1 fully saturated rings. The van der Waals surface area contributed by atoms with Gasteiger partial charge < -0.3 is 4.90 Å². The van der Waals surface area contributed by atoms with E-state index < -0.39 is 21.8 Å². The van der Waals surface area contributed by atoms with Crippen LogP contribution in [-0.2, 0) is 16.2 Å². The molecule has 0 spiro atoms. The number of likely N-dealkylation sites (tertiary alicyclic amines) is 1. The Morgan fingerprint density at radius 1 is 1.18 bits per heavy atom. The van der Waals surface area contributed by atoms with Crippen molar-refractivity contribution in [3.8, 4) is 0 Å². The van der Waals surface area contributed by atoms with Crippen LogP contribution < -0.4 is 4.72 Å². The van der Waals surface area contributed by atoms with Crippen molar-refractivity contribution in [1.82, 2.24) is 9.62 Å². The molecule has 2 rings (SSSR count). The number of nitrogens with zero attached hydrogens (tertiary/aromatic N) is 1. The Hall–Kier alpha value is -1.12. The van der Waals surface area contributed by atoms with E-state index in [1.165, 1.54) is 0 Å². The van der Waals surface area contributed by atoms with Gasteiger partial charge in [0.15, 0.2) is 0 Å². The van der Waals surface area contributed by atoms with Gasteiger partial charge in [0.05, 0.1) is 10.5 Å². The molecule has 0 saturated carbocycles. The van der Waals surface area contributed by atoms with Gasteiger partial charge >= 0.3 is 6.18 Å². The van der Waals surface area contributed by atoms with E-state index in [9.17, 15) is 21.6 Å². The highest BCUT2D eigenvalue weighted by molar-refractivity contribution is 7.89. The number of alkyl halides is 3. The van der Waals surface area contributed by atoms with Crippen LogP contribution in [-0.4, -0.2) is 39.0 Å². The minimum atomic E-state index is -4.47. The van der Waals surface area contributed by atoms with E-state index in [0.29, 0.717) is 12.8 Å². The second kappa shape index (κ2) is 6.55. The molecule has 1 saturated heterocycles. The molecule has 0 atom stereocenters. The van der Waals surface area contributed by atoms with Gasteiger partial charge in [-0.05, 0) is 56.7 Å². The van der Waals surface area contributed by atoms with E-state index >= 15 is 0 Å². The summed E-state index contributed by atoms with van der Waals surface area (Å²) in [6.45, 7) is 4.61. The van der Waals surface area contributed by atoms with Crippen LogP contribution in [0.4, 0.5) is 13.2 Å². The maximum atomic E-state index is 12.5. The maximum absolute atomic E-state index is 12.5. The molecule has 4 nitrogen and oxygen atoms in total. The van der Waals surface area contributed by atoms with Crippen LogP contribution >= 0.6 is 0 Å². The van der Waals surface area contributed by atoms with Crippen molar-refractivity contribution >= 4 is 10.0 Å². The Balaban J connectivity index is 2.04. The molecule has 0 aliphatic carbocycles. The Morgan fingerprint density at radius 2 is 1.73 bits per heavy atom. The van der Waals surface area contributed by atoms with Gasteiger partial charge in [-0.1, -0.05) is 6.92 Å². The SMILES string of the molecule is CCN1CCC(NS(=O)(=O)c2ccc(C(F)(F)F)cc2)CC1. The van der Waals surface area contributed by atoms with Crippen LogP contribution in [0.2, 0.25) is 0 Å². The predicted molar refractivity (Wildman–Crippen MR) is 76.9 cm³/mol. The lowest BCUT2D eigenvalue weighted by molar-refractivity contribution is -0.137. The zero-order valence-electron chi connectivity index (χ0n) is 12.2. The fourth-order valence-corrected chi connectivity index (χ4v) is 3.78. The number of benzene rings is 1. The minimum absolute atomic E-state index is 0.140. The normalized spacial score (nSPS) is 18.5. The van der Waals surface area contributed by atoms with Crippen LogP contribution in [0.15, 0.2) is 29.2 Å². The van der Waals surface area contributed by atoms with Crippen molar-refractivity contribution < 1.29 is 21.6 Å². The highest BCUT2D eigenvalue weighted by atomic mass is 32.2. The van der Waals surface area contributed by atoms with Crippen molar-refractivity contribution in [2.45, 2.75) is 36.9 Å². The van der Waals surface area contributed by atoms with Gasteiger partial charge in [0.1, 0.15) is 0 Å². The molecule has 1 aromatic carbocycles. The molecule has 0 aromatic heterocycles. The average molecular weight is 336 g/mol. The van der Waals surface area contributed by atoms with Gasteiger partial charge in [0.2, 0.25) is 10.0 Å². The molecule has 8 heteroatoms. The van der Waals surface area contributed by atoms with Crippen LogP contribution in [0.5, 0.6) is 0 Å². The summed E-state index contributed by atoms with van der Waals surface area (Å²) < 4.78 is 64.5. The summed E-state index contributed by atoms with van der Waals surface area (Å²) in [5.41, 5.74) is -0.859. The number of piperidine rings is 1. The number of halogens is 3. The molecule has 0 amide bonds. The predicted octanol–water partition coefficient (Wildman–Crippen LogP) is 2.47. The Morgan fingerprint density at radius 3 is 2.18 bits per heavy atom. The first kappa shape index (κ1) is 17.2. The van der Waals surface area contributed by atoms with Crippen LogP contribution in [0.1, 0.15) is 25.3 Å². The fourth-order valence-electron chi connectivity index (χ4n) is 2.48. The molecule has 0 unspecified atom stereocenters. The Kier molecular flexibility index (Phi) is 5.14. The second-order valence-corrected chi connectivity index (χ2v) is 7.07. The molecule has 1 heterocycles. The first-order chi connectivity index (χ1) is 10.2. The first-order valence-electron chi connectivity index (χ1n) is 7.14. The summed E-state index contributed by atoms with van der Waals surface area (Å²) in [6.07, 6.45) is -3.07. The number of sulfonamides is 1. The van der Waals surface area contributed by atoms with E-state index in [2.05, 4.69) is 9.62 Å². The van der Waals surface area contributed by atoms with Gasteiger partial charge in [0, 0.05) is 6.04 Å².